The first-order valence-electron chi connectivity index (χ1n) is 8.27. The molecule has 2 aromatic rings. The Morgan fingerprint density at radius 1 is 0.846 bits per heavy atom. The van der Waals surface area contributed by atoms with Crippen LogP contribution >= 0.6 is 0 Å². The minimum absolute atomic E-state index is 0.0229. The molecule has 26 heavy (non-hydrogen) atoms. The molecule has 0 unspecified atom stereocenters. The zero-order valence-corrected chi connectivity index (χ0v) is 14.9. The molecule has 1 aliphatic rings. The predicted octanol–water partition coefficient (Wildman–Crippen LogP) is 3.24. The molecule has 2 aromatic carbocycles. The summed E-state index contributed by atoms with van der Waals surface area (Å²) >= 11 is 0. The number of nitrogens with zero attached hydrogens (tertiary/aromatic N) is 2. The van der Waals surface area contributed by atoms with Crippen LogP contribution in [0.2, 0.25) is 0 Å². The molecule has 3 rings (SSSR count). The van der Waals surface area contributed by atoms with E-state index in [-0.39, 0.29) is 18.7 Å². The van der Waals surface area contributed by atoms with Crippen LogP contribution in [0.5, 0.6) is 0 Å². The first-order valence-corrected chi connectivity index (χ1v) is 8.27. The van der Waals surface area contributed by atoms with Crippen molar-refractivity contribution in [2.45, 2.75) is 33.9 Å². The summed E-state index contributed by atoms with van der Waals surface area (Å²) in [6.45, 7) is 5.53. The summed E-state index contributed by atoms with van der Waals surface area (Å²) in [5.41, 5.74) is 4.00. The molecule has 0 aliphatic carbocycles. The first kappa shape index (κ1) is 17.8. The van der Waals surface area contributed by atoms with E-state index in [1.165, 1.54) is 18.2 Å². The first-order chi connectivity index (χ1) is 12.3. The number of halogens is 1. The van der Waals surface area contributed by atoms with E-state index < -0.39 is 23.7 Å². The van der Waals surface area contributed by atoms with Crippen molar-refractivity contribution in [1.82, 2.24) is 9.80 Å². The van der Waals surface area contributed by atoms with Crippen LogP contribution < -0.4 is 0 Å². The summed E-state index contributed by atoms with van der Waals surface area (Å²) in [4.78, 5) is 38.9. The number of hydrogen-bond donors (Lipinski definition) is 0. The Balaban J connectivity index is 1.87. The molecule has 1 saturated heterocycles. The van der Waals surface area contributed by atoms with Gasteiger partial charge in [0.05, 0.1) is 13.1 Å². The van der Waals surface area contributed by atoms with Crippen molar-refractivity contribution in [2.24, 2.45) is 0 Å². The zero-order chi connectivity index (χ0) is 19.0. The van der Waals surface area contributed by atoms with Gasteiger partial charge in [-0.05, 0) is 43.5 Å². The zero-order valence-electron chi connectivity index (χ0n) is 14.9. The fraction of sp³-hybridized carbons (Fsp3) is 0.250. The molecule has 1 fully saturated rings. The Morgan fingerprint density at radius 2 is 1.38 bits per heavy atom. The van der Waals surface area contributed by atoms with Crippen LogP contribution in [0.1, 0.15) is 27.8 Å². The maximum Gasteiger partial charge on any atom is 0.334 e. The molecule has 0 N–H and O–H groups in total. The Kier molecular flexibility index (Phi) is 4.59. The van der Waals surface area contributed by atoms with Crippen molar-refractivity contribution in [3.05, 3.63) is 70.0 Å². The van der Waals surface area contributed by atoms with Gasteiger partial charge in [0.1, 0.15) is 5.82 Å². The van der Waals surface area contributed by atoms with Crippen molar-refractivity contribution in [3.8, 4) is 0 Å². The number of aryl methyl sites for hydroxylation is 3. The van der Waals surface area contributed by atoms with E-state index in [1.807, 2.05) is 32.9 Å². The highest BCUT2D eigenvalue weighted by atomic mass is 19.1. The molecule has 0 bridgehead atoms. The predicted molar refractivity (Wildman–Crippen MR) is 93.5 cm³/mol. The topological polar surface area (TPSA) is 57.7 Å². The highest BCUT2D eigenvalue weighted by molar-refractivity contribution is 6.44. The maximum atomic E-state index is 13.8. The molecule has 4 amide bonds. The number of benzene rings is 2. The SMILES string of the molecule is Cc1cc(C)c(CN2C(=O)C(=O)N(Cc3ccccc3F)C2=O)c(C)c1. The summed E-state index contributed by atoms with van der Waals surface area (Å²) in [5.74, 6) is -2.34. The highest BCUT2D eigenvalue weighted by Crippen LogP contribution is 2.23. The average Bonchev–Trinajstić information content (AvgIpc) is 2.77. The van der Waals surface area contributed by atoms with E-state index in [2.05, 4.69) is 0 Å². The van der Waals surface area contributed by atoms with Crippen LogP contribution in [-0.4, -0.2) is 27.6 Å². The monoisotopic (exact) mass is 354 g/mol. The summed E-state index contributed by atoms with van der Waals surface area (Å²) in [6.07, 6.45) is 0. The van der Waals surface area contributed by atoms with Crippen molar-refractivity contribution in [1.29, 1.82) is 0 Å². The molecule has 1 aliphatic heterocycles. The lowest BCUT2D eigenvalue weighted by Crippen LogP contribution is -2.33. The lowest BCUT2D eigenvalue weighted by Gasteiger charge is -2.18. The quantitative estimate of drug-likeness (QED) is 0.626. The van der Waals surface area contributed by atoms with E-state index in [1.54, 1.807) is 6.07 Å². The van der Waals surface area contributed by atoms with Gasteiger partial charge in [-0.25, -0.2) is 9.18 Å². The van der Waals surface area contributed by atoms with Crippen molar-refractivity contribution < 1.29 is 18.8 Å². The summed E-state index contributed by atoms with van der Waals surface area (Å²) in [5, 5.41) is 0. The molecule has 1 heterocycles. The number of carbonyl (C=O) groups is 3. The summed E-state index contributed by atoms with van der Waals surface area (Å²) < 4.78 is 13.8. The Morgan fingerprint density at radius 3 is 1.96 bits per heavy atom. The van der Waals surface area contributed by atoms with Crippen LogP contribution in [-0.2, 0) is 22.7 Å². The number of hydrogen-bond acceptors (Lipinski definition) is 3. The van der Waals surface area contributed by atoms with Gasteiger partial charge >= 0.3 is 17.8 Å². The van der Waals surface area contributed by atoms with Crippen LogP contribution in [0.25, 0.3) is 0 Å². The largest absolute Gasteiger partial charge is 0.334 e. The molecular formula is C20H19FN2O3. The molecule has 5 nitrogen and oxygen atoms in total. The summed E-state index contributed by atoms with van der Waals surface area (Å²) in [7, 11) is 0. The normalized spacial score (nSPS) is 14.5. The smallest absolute Gasteiger partial charge is 0.263 e. The van der Waals surface area contributed by atoms with Crippen molar-refractivity contribution in [3.63, 3.8) is 0 Å². The number of carbonyl (C=O) groups excluding carboxylic acids is 3. The van der Waals surface area contributed by atoms with Gasteiger partial charge in [0.2, 0.25) is 0 Å². The maximum absolute atomic E-state index is 13.8. The van der Waals surface area contributed by atoms with Crippen LogP contribution in [0, 0.1) is 26.6 Å². The van der Waals surface area contributed by atoms with Gasteiger partial charge in [-0.1, -0.05) is 35.9 Å². The third-order valence-electron chi connectivity index (χ3n) is 4.58. The molecule has 0 aromatic heterocycles. The lowest BCUT2D eigenvalue weighted by atomic mass is 9.99. The highest BCUT2D eigenvalue weighted by Gasteiger charge is 2.44. The number of rotatable bonds is 4. The van der Waals surface area contributed by atoms with Gasteiger partial charge in [0.25, 0.3) is 0 Å². The second kappa shape index (κ2) is 6.71. The Hall–Kier alpha value is -3.02. The number of amides is 4. The minimum atomic E-state index is -0.930. The fourth-order valence-electron chi connectivity index (χ4n) is 3.24. The van der Waals surface area contributed by atoms with E-state index >= 15 is 0 Å². The molecule has 134 valence electrons. The molecule has 0 atom stereocenters. The van der Waals surface area contributed by atoms with Gasteiger partial charge in [-0.3, -0.25) is 19.4 Å². The Bertz CT molecular complexity index is 900. The van der Waals surface area contributed by atoms with E-state index in [9.17, 15) is 18.8 Å². The third kappa shape index (κ3) is 3.10. The van der Waals surface area contributed by atoms with E-state index in [4.69, 9.17) is 0 Å². The van der Waals surface area contributed by atoms with Gasteiger partial charge in [-0.2, -0.15) is 0 Å². The Labute approximate surface area is 151 Å². The van der Waals surface area contributed by atoms with Crippen LogP contribution in [0.4, 0.5) is 9.18 Å². The van der Waals surface area contributed by atoms with Crippen molar-refractivity contribution >= 4 is 17.8 Å². The van der Waals surface area contributed by atoms with Gasteiger partial charge in [0, 0.05) is 5.56 Å². The molecular weight excluding hydrogens is 335 g/mol. The number of imide groups is 2. The standard InChI is InChI=1S/C20H19FN2O3/c1-12-8-13(2)16(14(3)9-12)11-23-19(25)18(24)22(20(23)26)10-15-6-4-5-7-17(15)21/h4-9H,10-11H2,1-3H3. The second-order valence-electron chi connectivity index (χ2n) is 6.53. The van der Waals surface area contributed by atoms with E-state index in [0.717, 1.165) is 32.1 Å². The lowest BCUT2D eigenvalue weighted by molar-refractivity contribution is -0.143. The molecule has 6 heteroatoms. The van der Waals surface area contributed by atoms with Crippen molar-refractivity contribution in [2.75, 3.05) is 0 Å². The minimum Gasteiger partial charge on any atom is -0.263 e. The van der Waals surface area contributed by atoms with Crippen LogP contribution in [0.3, 0.4) is 0 Å². The molecule has 0 radical (unpaired) electrons. The van der Waals surface area contributed by atoms with Gasteiger partial charge in [0.15, 0.2) is 0 Å². The van der Waals surface area contributed by atoms with Crippen LogP contribution in [0.15, 0.2) is 36.4 Å². The average molecular weight is 354 g/mol. The fourth-order valence-corrected chi connectivity index (χ4v) is 3.24. The second-order valence-corrected chi connectivity index (χ2v) is 6.53. The molecule has 0 spiro atoms. The van der Waals surface area contributed by atoms with Gasteiger partial charge < -0.3 is 0 Å². The number of urea groups is 1. The molecule has 0 saturated carbocycles. The third-order valence-corrected chi connectivity index (χ3v) is 4.58. The van der Waals surface area contributed by atoms with Gasteiger partial charge in [-0.15, -0.1) is 0 Å². The summed E-state index contributed by atoms with van der Waals surface area (Å²) in [6, 6.07) is 9.08. The van der Waals surface area contributed by atoms with E-state index in [0.29, 0.717) is 0 Å².